The molecule has 42 heavy (non-hydrogen) atoms. The molecule has 5 rings (SSSR count). The summed E-state index contributed by atoms with van der Waals surface area (Å²) in [5, 5.41) is 25.5. The highest BCUT2D eigenvalue weighted by Crippen LogP contribution is 2.41. The topological polar surface area (TPSA) is 199 Å². The zero-order chi connectivity index (χ0) is 28.2. The van der Waals surface area contributed by atoms with Crippen LogP contribution >= 0.6 is 71.0 Å². The van der Waals surface area contributed by atoms with Gasteiger partial charge in [0.05, 0.1) is 0 Å². The number of amides is 2. The summed E-state index contributed by atoms with van der Waals surface area (Å²) in [4.78, 5) is 49.3. The van der Waals surface area contributed by atoms with Crippen molar-refractivity contribution >= 4 is 99.6 Å². The van der Waals surface area contributed by atoms with Crippen LogP contribution in [0.2, 0.25) is 0 Å². The van der Waals surface area contributed by atoms with Crippen molar-refractivity contribution in [1.29, 1.82) is 0 Å². The molecule has 0 bridgehead atoms. The number of nitrogens with two attached hydrogens (primary N) is 2. The summed E-state index contributed by atoms with van der Waals surface area (Å²) in [6.45, 7) is 0.500. The summed E-state index contributed by atoms with van der Waals surface area (Å²) in [6, 6.07) is 6.47. The van der Waals surface area contributed by atoms with E-state index in [4.69, 9.17) is 16.3 Å². The first-order valence-corrected chi connectivity index (χ1v) is 15.4. The van der Waals surface area contributed by atoms with Gasteiger partial charge in [0.25, 0.3) is 11.8 Å². The van der Waals surface area contributed by atoms with Crippen molar-refractivity contribution in [2.45, 2.75) is 28.9 Å². The summed E-state index contributed by atoms with van der Waals surface area (Å²) >= 11 is 5.21. The maximum atomic E-state index is 13.3. The predicted molar refractivity (Wildman–Crippen MR) is 167 cm³/mol. The van der Waals surface area contributed by atoms with Gasteiger partial charge in [-0.3, -0.25) is 14.5 Å². The third-order valence-electron chi connectivity index (χ3n) is 5.87. The molecule has 2 aliphatic heterocycles. The van der Waals surface area contributed by atoms with Crippen molar-refractivity contribution in [2.24, 2.45) is 10.9 Å². The molecule has 1 saturated heterocycles. The number of thiazole rings is 1. The Bertz CT molecular complexity index is 1490. The Morgan fingerprint density at radius 3 is 2.57 bits per heavy atom. The minimum absolute atomic E-state index is 0. The van der Waals surface area contributed by atoms with Gasteiger partial charge >= 0.3 is 5.97 Å². The van der Waals surface area contributed by atoms with Crippen molar-refractivity contribution in [3.05, 3.63) is 63.2 Å². The molecule has 0 saturated carbocycles. The molecule has 1 unspecified atom stereocenters. The molecule has 13 nitrogen and oxygen atoms in total. The quantitative estimate of drug-likeness (QED) is 0.0992. The minimum atomic E-state index is -1.20. The standard InChI is InChI=1S/C23H22N8O5S4.2ClH/c24-5-11-1-3-12(4-2-11)6-36-30-15(14-9-38-22(25)27-14)18(32)28-16-19(33)31-17(21(34)35)13(7-37-20(16)31)8-39-23-29-26-10-40-23;;/h1-4,9-10,16,20H,5-8,24H2,(H2,25,27)(H,28,32)(H,34,35);2*1H/b30-15+;;/t16?,20-;;/m1../s1. The predicted octanol–water partition coefficient (Wildman–Crippen LogP) is 2.33. The van der Waals surface area contributed by atoms with Gasteiger partial charge in [0.15, 0.2) is 15.2 Å². The van der Waals surface area contributed by atoms with Crippen LogP contribution in [0, 0.1) is 0 Å². The fraction of sp³-hybridized carbons (Fsp3) is 0.261. The van der Waals surface area contributed by atoms with E-state index in [1.165, 1.54) is 39.8 Å². The van der Waals surface area contributed by atoms with E-state index in [0.29, 0.717) is 28.0 Å². The number of carbonyl (C=O) groups is 3. The highest BCUT2D eigenvalue weighted by molar-refractivity contribution is 8.01. The number of nitrogens with one attached hydrogen (secondary N) is 1. The molecule has 2 amide bonds. The number of nitrogen functional groups attached to an aromatic ring is 1. The van der Waals surface area contributed by atoms with E-state index < -0.39 is 29.2 Å². The number of halogens is 2. The normalized spacial score (nSPS) is 17.9. The van der Waals surface area contributed by atoms with E-state index in [1.54, 1.807) is 10.9 Å². The van der Waals surface area contributed by atoms with E-state index in [-0.39, 0.29) is 53.7 Å². The Morgan fingerprint density at radius 1 is 1.21 bits per heavy atom. The number of hydrogen-bond donors (Lipinski definition) is 4. The van der Waals surface area contributed by atoms with Crippen molar-refractivity contribution in [3.63, 3.8) is 0 Å². The Hall–Kier alpha value is -2.93. The second-order valence-corrected chi connectivity index (χ2v) is 12.5. The zero-order valence-electron chi connectivity index (χ0n) is 21.4. The van der Waals surface area contributed by atoms with Crippen LogP contribution in [0.1, 0.15) is 16.8 Å². The second-order valence-electron chi connectivity index (χ2n) is 8.42. The van der Waals surface area contributed by atoms with Crippen molar-refractivity contribution < 1.29 is 24.3 Å². The number of benzene rings is 1. The number of β-lactam (4-membered cyclic amide) rings is 1. The van der Waals surface area contributed by atoms with Crippen LogP contribution in [-0.4, -0.2) is 71.6 Å². The number of carboxylic acid groups (broad SMARTS) is 1. The molecular weight excluding hydrogens is 667 g/mol. The largest absolute Gasteiger partial charge is 0.477 e. The average molecular weight is 692 g/mol. The van der Waals surface area contributed by atoms with Gasteiger partial charge in [0.2, 0.25) is 0 Å². The van der Waals surface area contributed by atoms with Crippen LogP contribution in [0.25, 0.3) is 0 Å². The average Bonchev–Trinajstić information content (AvgIpc) is 3.64. The molecule has 1 fully saturated rings. The summed E-state index contributed by atoms with van der Waals surface area (Å²) in [6.07, 6.45) is 0. The van der Waals surface area contributed by atoms with Gasteiger partial charge in [-0.05, 0) is 16.7 Å². The van der Waals surface area contributed by atoms with Crippen molar-refractivity contribution in [1.82, 2.24) is 25.4 Å². The molecule has 0 radical (unpaired) electrons. The van der Waals surface area contributed by atoms with Crippen LogP contribution < -0.4 is 16.8 Å². The van der Waals surface area contributed by atoms with E-state index in [2.05, 4.69) is 25.7 Å². The minimum Gasteiger partial charge on any atom is -0.477 e. The van der Waals surface area contributed by atoms with Gasteiger partial charge in [-0.2, -0.15) is 0 Å². The molecule has 0 spiro atoms. The Balaban J connectivity index is 0.00000242. The van der Waals surface area contributed by atoms with Crippen molar-refractivity contribution in [2.75, 3.05) is 17.2 Å². The molecular formula is C23H24Cl2N8O5S4. The number of hydrogen-bond acceptors (Lipinski definition) is 14. The molecule has 6 N–H and O–H groups in total. The highest BCUT2D eigenvalue weighted by atomic mass is 35.5. The molecule has 2 aliphatic rings. The summed E-state index contributed by atoms with van der Waals surface area (Å²) in [7, 11) is 0. The van der Waals surface area contributed by atoms with E-state index >= 15 is 0 Å². The van der Waals surface area contributed by atoms with Crippen LogP contribution in [-0.2, 0) is 32.4 Å². The number of thioether (sulfide) groups is 2. The first kappa shape index (κ1) is 33.6. The number of aromatic nitrogens is 3. The molecule has 4 heterocycles. The molecule has 3 aromatic rings. The monoisotopic (exact) mass is 690 g/mol. The lowest BCUT2D eigenvalue weighted by atomic mass is 10.0. The van der Waals surface area contributed by atoms with Crippen molar-refractivity contribution in [3.8, 4) is 0 Å². The Morgan fingerprint density at radius 2 is 1.95 bits per heavy atom. The van der Waals surface area contributed by atoms with Gasteiger partial charge in [-0.1, -0.05) is 52.5 Å². The lowest BCUT2D eigenvalue weighted by Crippen LogP contribution is -2.71. The fourth-order valence-corrected chi connectivity index (χ4v) is 7.44. The number of aliphatic carboxylic acids is 1. The first-order valence-electron chi connectivity index (χ1n) is 11.6. The maximum absolute atomic E-state index is 13.3. The molecule has 19 heteroatoms. The molecule has 2 aromatic heterocycles. The van der Waals surface area contributed by atoms with Gasteiger partial charge in [0.1, 0.15) is 34.9 Å². The number of fused-ring (bicyclic) bond motifs is 1. The third kappa shape index (κ3) is 7.34. The van der Waals surface area contributed by atoms with Gasteiger partial charge in [-0.25, -0.2) is 9.78 Å². The van der Waals surface area contributed by atoms with E-state index in [9.17, 15) is 19.5 Å². The first-order chi connectivity index (χ1) is 19.4. The zero-order valence-corrected chi connectivity index (χ0v) is 26.3. The van der Waals surface area contributed by atoms with Gasteiger partial charge in [0, 0.05) is 23.4 Å². The number of oxime groups is 1. The number of carboxylic acids is 1. The fourth-order valence-electron chi connectivity index (χ4n) is 3.92. The van der Waals surface area contributed by atoms with E-state index in [1.807, 2.05) is 24.3 Å². The van der Waals surface area contributed by atoms with Crippen LogP contribution in [0.3, 0.4) is 0 Å². The van der Waals surface area contributed by atoms with Gasteiger partial charge < -0.3 is 26.7 Å². The lowest BCUT2D eigenvalue weighted by molar-refractivity contribution is -0.150. The van der Waals surface area contributed by atoms with Crippen LogP contribution in [0.4, 0.5) is 5.13 Å². The maximum Gasteiger partial charge on any atom is 0.352 e. The van der Waals surface area contributed by atoms with E-state index in [0.717, 1.165) is 22.5 Å². The second kappa shape index (κ2) is 15.0. The molecule has 1 aromatic carbocycles. The SMILES string of the molecule is Cl.Cl.NCc1ccc(CO/N=C(/C(=O)NC2C(=O)N3C(C(=O)O)=C(CSc4nncs4)CS[C@H]23)c2csc(N)n2)cc1. The third-order valence-corrected chi connectivity index (χ3v) is 9.83. The number of anilines is 1. The lowest BCUT2D eigenvalue weighted by Gasteiger charge is -2.49. The smallest absolute Gasteiger partial charge is 0.352 e. The number of nitrogens with zero attached hydrogens (tertiary/aromatic N) is 5. The molecule has 2 atom stereocenters. The Kier molecular flexibility index (Phi) is 12.0. The summed E-state index contributed by atoms with van der Waals surface area (Å²) < 4.78 is 0.703. The molecule has 0 aliphatic carbocycles. The molecule has 224 valence electrons. The summed E-state index contributed by atoms with van der Waals surface area (Å²) in [5.74, 6) is -1.69. The number of rotatable bonds is 11. The summed E-state index contributed by atoms with van der Waals surface area (Å²) in [5.41, 5.74) is 15.3. The Labute approximate surface area is 268 Å². The van der Waals surface area contributed by atoms with Crippen LogP contribution in [0.5, 0.6) is 0 Å². The van der Waals surface area contributed by atoms with Gasteiger partial charge in [-0.15, -0.1) is 58.1 Å². The number of carbonyl (C=O) groups excluding carboxylic acids is 2. The highest BCUT2D eigenvalue weighted by Gasteiger charge is 2.54. The van der Waals surface area contributed by atoms with Crippen LogP contribution in [0.15, 0.2) is 55.9 Å².